The van der Waals surface area contributed by atoms with E-state index in [1.54, 1.807) is 17.1 Å². The van der Waals surface area contributed by atoms with Crippen LogP contribution in [0.2, 0.25) is 0 Å². The van der Waals surface area contributed by atoms with Gasteiger partial charge in [-0.05, 0) is 37.1 Å². The van der Waals surface area contributed by atoms with Crippen LogP contribution in [0.15, 0.2) is 36.8 Å². The van der Waals surface area contributed by atoms with Crippen LogP contribution < -0.4 is 5.32 Å². The van der Waals surface area contributed by atoms with Gasteiger partial charge < -0.3 is 10.1 Å². The highest BCUT2D eigenvalue weighted by molar-refractivity contribution is 5.76. The van der Waals surface area contributed by atoms with E-state index in [9.17, 15) is 4.79 Å². The van der Waals surface area contributed by atoms with E-state index in [-0.39, 0.29) is 18.5 Å². The van der Waals surface area contributed by atoms with Crippen LogP contribution in [0, 0.1) is 12.8 Å². The highest BCUT2D eigenvalue weighted by Gasteiger charge is 2.29. The second kappa shape index (κ2) is 6.70. The van der Waals surface area contributed by atoms with Gasteiger partial charge in [0.25, 0.3) is 0 Å². The summed E-state index contributed by atoms with van der Waals surface area (Å²) in [7, 11) is 0. The summed E-state index contributed by atoms with van der Waals surface area (Å²) in [5.74, 6) is 0.268. The van der Waals surface area contributed by atoms with Crippen LogP contribution in [0.5, 0.6) is 0 Å². The van der Waals surface area contributed by atoms with Crippen molar-refractivity contribution in [3.63, 3.8) is 0 Å². The summed E-state index contributed by atoms with van der Waals surface area (Å²) in [6, 6.07) is 5.95. The normalized spacial score (nSPS) is 21.0. The monoisotopic (exact) mass is 300 g/mol. The molecule has 22 heavy (non-hydrogen) atoms. The molecule has 0 bridgehead atoms. The molecule has 1 amide bonds. The smallest absolute Gasteiger partial charge is 0.242 e. The Morgan fingerprint density at radius 1 is 1.36 bits per heavy atom. The van der Waals surface area contributed by atoms with Crippen molar-refractivity contribution in [2.24, 2.45) is 5.92 Å². The molecule has 0 spiro atoms. The first kappa shape index (κ1) is 14.7. The van der Waals surface area contributed by atoms with Crippen molar-refractivity contribution < 1.29 is 9.53 Å². The predicted molar refractivity (Wildman–Crippen MR) is 81.1 cm³/mol. The molecule has 3 rings (SSSR count). The average Bonchev–Trinajstić information content (AvgIpc) is 3.10. The summed E-state index contributed by atoms with van der Waals surface area (Å²) in [5, 5.41) is 7.30. The third kappa shape index (κ3) is 3.71. The molecule has 0 saturated carbocycles. The largest absolute Gasteiger partial charge is 0.379 e. The molecule has 1 fully saturated rings. The van der Waals surface area contributed by atoms with Crippen LogP contribution in [-0.4, -0.2) is 39.9 Å². The van der Waals surface area contributed by atoms with Crippen LogP contribution in [0.4, 0.5) is 0 Å². The Morgan fingerprint density at radius 3 is 2.91 bits per heavy atom. The van der Waals surface area contributed by atoms with Gasteiger partial charge in [0.1, 0.15) is 6.54 Å². The van der Waals surface area contributed by atoms with Gasteiger partial charge in [-0.1, -0.05) is 0 Å². The molecule has 0 radical (unpaired) electrons. The quantitative estimate of drug-likeness (QED) is 0.893. The van der Waals surface area contributed by atoms with Crippen LogP contribution in [0.3, 0.4) is 0 Å². The lowest BCUT2D eigenvalue weighted by molar-refractivity contribution is -0.122. The molecule has 116 valence electrons. The first-order valence-electron chi connectivity index (χ1n) is 7.47. The fraction of sp³-hybridized carbons (Fsp3) is 0.438. The maximum atomic E-state index is 12.1. The van der Waals surface area contributed by atoms with E-state index >= 15 is 0 Å². The standard InChI is InChI=1S/C16H20N4O2/c1-12-4-7-20(19-12)9-16(21)18-15-11-22-10-14(15)8-13-2-5-17-6-3-13/h2-7,14-15H,8-11H2,1H3,(H,18,21)/t14-,15-/m1/s1. The van der Waals surface area contributed by atoms with Gasteiger partial charge in [0.15, 0.2) is 0 Å². The maximum Gasteiger partial charge on any atom is 0.242 e. The van der Waals surface area contributed by atoms with Gasteiger partial charge in [0, 0.05) is 24.5 Å². The Kier molecular flexibility index (Phi) is 4.48. The second-order valence-corrected chi connectivity index (χ2v) is 5.69. The highest BCUT2D eigenvalue weighted by atomic mass is 16.5. The molecule has 1 aliphatic heterocycles. The van der Waals surface area contributed by atoms with E-state index in [0.29, 0.717) is 19.1 Å². The predicted octanol–water partition coefficient (Wildman–Crippen LogP) is 0.960. The van der Waals surface area contributed by atoms with Crippen molar-refractivity contribution in [3.8, 4) is 0 Å². The molecule has 2 aromatic rings. The highest BCUT2D eigenvalue weighted by Crippen LogP contribution is 2.19. The molecule has 6 heteroatoms. The third-order valence-corrected chi connectivity index (χ3v) is 3.87. The zero-order valence-electron chi connectivity index (χ0n) is 12.6. The average molecular weight is 300 g/mol. The zero-order chi connectivity index (χ0) is 15.4. The Bertz CT molecular complexity index is 626. The lowest BCUT2D eigenvalue weighted by Crippen LogP contribution is -2.42. The fourth-order valence-electron chi connectivity index (χ4n) is 2.73. The number of hydrogen-bond acceptors (Lipinski definition) is 4. The van der Waals surface area contributed by atoms with Crippen molar-refractivity contribution in [1.29, 1.82) is 0 Å². The lowest BCUT2D eigenvalue weighted by Gasteiger charge is -2.19. The fourth-order valence-corrected chi connectivity index (χ4v) is 2.73. The molecule has 1 N–H and O–H groups in total. The van der Waals surface area contributed by atoms with Crippen LogP contribution in [0.1, 0.15) is 11.3 Å². The molecule has 1 saturated heterocycles. The number of ether oxygens (including phenoxy) is 1. The molecule has 2 aromatic heterocycles. The van der Waals surface area contributed by atoms with Crippen molar-refractivity contribution in [2.75, 3.05) is 13.2 Å². The van der Waals surface area contributed by atoms with Crippen molar-refractivity contribution >= 4 is 5.91 Å². The van der Waals surface area contributed by atoms with Gasteiger partial charge in [0.05, 0.1) is 24.9 Å². The summed E-state index contributed by atoms with van der Waals surface area (Å²) in [6.07, 6.45) is 6.28. The number of nitrogens with zero attached hydrogens (tertiary/aromatic N) is 3. The molecule has 0 unspecified atom stereocenters. The van der Waals surface area contributed by atoms with Gasteiger partial charge in [-0.3, -0.25) is 14.5 Å². The Balaban J connectivity index is 1.55. The van der Waals surface area contributed by atoms with E-state index in [1.165, 1.54) is 5.56 Å². The summed E-state index contributed by atoms with van der Waals surface area (Å²) in [5.41, 5.74) is 2.13. The minimum absolute atomic E-state index is 0.0293. The minimum atomic E-state index is -0.0293. The van der Waals surface area contributed by atoms with Crippen LogP contribution >= 0.6 is 0 Å². The summed E-state index contributed by atoms with van der Waals surface area (Å²) < 4.78 is 7.20. The zero-order valence-corrected chi connectivity index (χ0v) is 12.6. The Morgan fingerprint density at radius 2 is 2.18 bits per heavy atom. The van der Waals surface area contributed by atoms with Crippen molar-refractivity contribution in [1.82, 2.24) is 20.1 Å². The third-order valence-electron chi connectivity index (χ3n) is 3.87. The van der Waals surface area contributed by atoms with E-state index in [2.05, 4.69) is 15.4 Å². The number of rotatable bonds is 5. The first-order valence-corrected chi connectivity index (χ1v) is 7.47. The second-order valence-electron chi connectivity index (χ2n) is 5.69. The number of pyridine rings is 1. The number of aromatic nitrogens is 3. The minimum Gasteiger partial charge on any atom is -0.379 e. The molecule has 0 aromatic carbocycles. The number of aryl methyl sites for hydroxylation is 1. The maximum absolute atomic E-state index is 12.1. The van der Waals surface area contributed by atoms with Gasteiger partial charge in [0.2, 0.25) is 5.91 Å². The summed E-state index contributed by atoms with van der Waals surface area (Å²) in [4.78, 5) is 16.2. The molecular formula is C16H20N4O2. The topological polar surface area (TPSA) is 69.0 Å². The molecule has 3 heterocycles. The van der Waals surface area contributed by atoms with Gasteiger partial charge in [-0.25, -0.2) is 0 Å². The molecular weight excluding hydrogens is 280 g/mol. The van der Waals surface area contributed by atoms with Crippen LogP contribution in [-0.2, 0) is 22.5 Å². The van der Waals surface area contributed by atoms with E-state index in [4.69, 9.17) is 4.74 Å². The van der Waals surface area contributed by atoms with E-state index in [1.807, 2.05) is 31.3 Å². The Hall–Kier alpha value is -2.21. The molecule has 6 nitrogen and oxygen atoms in total. The molecule has 0 aliphatic carbocycles. The Labute approximate surface area is 129 Å². The lowest BCUT2D eigenvalue weighted by atomic mass is 9.95. The van der Waals surface area contributed by atoms with E-state index in [0.717, 1.165) is 12.1 Å². The molecule has 1 aliphatic rings. The number of carbonyl (C=O) groups is 1. The number of amides is 1. The van der Waals surface area contributed by atoms with Gasteiger partial charge in [-0.2, -0.15) is 5.10 Å². The van der Waals surface area contributed by atoms with Crippen molar-refractivity contribution in [3.05, 3.63) is 48.0 Å². The van der Waals surface area contributed by atoms with Crippen LogP contribution in [0.25, 0.3) is 0 Å². The molecule has 2 atom stereocenters. The van der Waals surface area contributed by atoms with E-state index < -0.39 is 0 Å². The number of hydrogen-bond donors (Lipinski definition) is 1. The van der Waals surface area contributed by atoms with Gasteiger partial charge >= 0.3 is 0 Å². The summed E-state index contributed by atoms with van der Waals surface area (Å²) in [6.45, 7) is 3.39. The van der Waals surface area contributed by atoms with Crippen molar-refractivity contribution in [2.45, 2.75) is 25.9 Å². The SMILES string of the molecule is Cc1ccn(CC(=O)N[C@@H]2COC[C@H]2Cc2ccncc2)n1. The number of nitrogens with one attached hydrogen (secondary N) is 1. The van der Waals surface area contributed by atoms with Gasteiger partial charge in [-0.15, -0.1) is 0 Å². The summed E-state index contributed by atoms with van der Waals surface area (Å²) >= 11 is 0. The number of carbonyl (C=O) groups excluding carboxylic acids is 1. The first-order chi connectivity index (χ1) is 10.7.